The molecule has 0 saturated carbocycles. The molecule has 26 heavy (non-hydrogen) atoms. The van der Waals surface area contributed by atoms with Gasteiger partial charge in [-0.25, -0.2) is 4.98 Å². The Balaban J connectivity index is 1.76. The van der Waals surface area contributed by atoms with Gasteiger partial charge in [-0.3, -0.25) is 19.1 Å². The van der Waals surface area contributed by atoms with Crippen molar-refractivity contribution in [1.29, 1.82) is 0 Å². The molecule has 7 nitrogen and oxygen atoms in total. The molecule has 0 amide bonds. The Morgan fingerprint density at radius 2 is 1.96 bits per heavy atom. The lowest BCUT2D eigenvalue weighted by Crippen LogP contribution is -2.05. The van der Waals surface area contributed by atoms with Gasteiger partial charge in [0.15, 0.2) is 5.65 Å². The molecule has 0 aliphatic rings. The predicted octanol–water partition coefficient (Wildman–Crippen LogP) is 3.00. The zero-order valence-corrected chi connectivity index (χ0v) is 14.8. The van der Waals surface area contributed by atoms with Crippen molar-refractivity contribution < 1.29 is 4.74 Å². The molecule has 4 aromatic heterocycles. The Bertz CT molecular complexity index is 1020. The number of nitrogens with zero attached hydrogens (tertiary/aromatic N) is 6. The lowest BCUT2D eigenvalue weighted by Gasteiger charge is -2.04. The topological polar surface area (TPSA) is 70.1 Å². The van der Waals surface area contributed by atoms with Crippen LogP contribution in [0.2, 0.25) is 0 Å². The van der Waals surface area contributed by atoms with Gasteiger partial charge in [0.2, 0.25) is 0 Å². The van der Waals surface area contributed by atoms with E-state index in [9.17, 15) is 0 Å². The Morgan fingerprint density at radius 1 is 1.12 bits per heavy atom. The Morgan fingerprint density at radius 3 is 2.77 bits per heavy atom. The van der Waals surface area contributed by atoms with Gasteiger partial charge in [-0.1, -0.05) is 0 Å². The first-order valence-corrected chi connectivity index (χ1v) is 8.62. The normalized spacial score (nSPS) is 11.3. The highest BCUT2D eigenvalue weighted by Crippen LogP contribution is 2.28. The number of fused-ring (bicyclic) bond motifs is 1. The number of hydrogen-bond donors (Lipinski definition) is 0. The van der Waals surface area contributed by atoms with Crippen molar-refractivity contribution in [3.63, 3.8) is 0 Å². The van der Waals surface area contributed by atoms with Gasteiger partial charge < -0.3 is 4.74 Å². The zero-order chi connectivity index (χ0) is 17.9. The van der Waals surface area contributed by atoms with E-state index in [-0.39, 0.29) is 0 Å². The quantitative estimate of drug-likeness (QED) is 0.501. The number of aromatic nitrogens is 6. The zero-order valence-electron chi connectivity index (χ0n) is 14.8. The monoisotopic (exact) mass is 348 g/mol. The van der Waals surface area contributed by atoms with Gasteiger partial charge in [0, 0.05) is 48.7 Å². The second-order valence-electron chi connectivity index (χ2n) is 5.94. The molecule has 0 aliphatic heterocycles. The average molecular weight is 348 g/mol. The molecule has 0 spiro atoms. The summed E-state index contributed by atoms with van der Waals surface area (Å²) in [6, 6.07) is 3.88. The fraction of sp³-hybridized carbons (Fsp3) is 0.263. The number of aryl methyl sites for hydroxylation is 1. The predicted molar refractivity (Wildman–Crippen MR) is 98.7 cm³/mol. The standard InChI is InChI=1S/C19H20N6O/c1-3-26-11-10-24-13-16(12-22-24)18-14(2)23-19-17(21-8-9-25(18)19)15-4-6-20-7-5-15/h4-9,12-13H,3,10-11H2,1-2H3. The fourth-order valence-corrected chi connectivity index (χ4v) is 3.06. The van der Waals surface area contributed by atoms with E-state index in [2.05, 4.69) is 19.5 Å². The van der Waals surface area contributed by atoms with Crippen molar-refractivity contribution in [1.82, 2.24) is 29.1 Å². The van der Waals surface area contributed by atoms with Crippen molar-refractivity contribution in [2.75, 3.05) is 13.2 Å². The molecule has 0 saturated heterocycles. The van der Waals surface area contributed by atoms with Crippen LogP contribution in [-0.2, 0) is 11.3 Å². The summed E-state index contributed by atoms with van der Waals surface area (Å²) < 4.78 is 9.37. The van der Waals surface area contributed by atoms with E-state index in [1.807, 2.05) is 49.3 Å². The number of hydrogen-bond acceptors (Lipinski definition) is 5. The molecular formula is C19H20N6O. The molecule has 4 rings (SSSR count). The number of ether oxygens (including phenoxy) is 1. The van der Waals surface area contributed by atoms with Crippen LogP contribution in [0, 0.1) is 6.92 Å². The highest BCUT2D eigenvalue weighted by Gasteiger charge is 2.16. The number of pyridine rings is 1. The Labute approximate surface area is 151 Å². The van der Waals surface area contributed by atoms with E-state index >= 15 is 0 Å². The Hall–Kier alpha value is -3.06. The third kappa shape index (κ3) is 2.97. The van der Waals surface area contributed by atoms with Crippen LogP contribution in [0.15, 0.2) is 49.3 Å². The van der Waals surface area contributed by atoms with E-state index in [4.69, 9.17) is 9.72 Å². The Kier molecular flexibility index (Phi) is 4.45. The maximum atomic E-state index is 5.40. The van der Waals surface area contributed by atoms with Gasteiger partial charge in [0.1, 0.15) is 5.69 Å². The first-order valence-electron chi connectivity index (χ1n) is 8.62. The highest BCUT2D eigenvalue weighted by atomic mass is 16.5. The third-order valence-corrected chi connectivity index (χ3v) is 4.25. The largest absolute Gasteiger partial charge is 0.380 e. The summed E-state index contributed by atoms with van der Waals surface area (Å²) in [4.78, 5) is 13.4. The maximum Gasteiger partial charge on any atom is 0.164 e. The lowest BCUT2D eigenvalue weighted by atomic mass is 10.2. The van der Waals surface area contributed by atoms with Crippen molar-refractivity contribution >= 4 is 5.65 Å². The summed E-state index contributed by atoms with van der Waals surface area (Å²) in [6.07, 6.45) is 11.2. The molecule has 4 aromatic rings. The molecule has 0 fully saturated rings. The van der Waals surface area contributed by atoms with Crippen LogP contribution in [0.4, 0.5) is 0 Å². The average Bonchev–Trinajstić information content (AvgIpc) is 3.25. The second kappa shape index (κ2) is 7.05. The molecule has 0 atom stereocenters. The summed E-state index contributed by atoms with van der Waals surface area (Å²) in [5.74, 6) is 0. The molecule has 0 N–H and O–H groups in total. The van der Waals surface area contributed by atoms with Crippen LogP contribution in [0.3, 0.4) is 0 Å². The van der Waals surface area contributed by atoms with E-state index in [1.54, 1.807) is 18.6 Å². The van der Waals surface area contributed by atoms with Gasteiger partial charge in [0.25, 0.3) is 0 Å². The minimum Gasteiger partial charge on any atom is -0.380 e. The minimum atomic E-state index is 0.653. The molecule has 0 radical (unpaired) electrons. The molecule has 0 bridgehead atoms. The van der Waals surface area contributed by atoms with Gasteiger partial charge in [-0.15, -0.1) is 0 Å². The summed E-state index contributed by atoms with van der Waals surface area (Å²) in [6.45, 7) is 6.10. The number of rotatable bonds is 6. The lowest BCUT2D eigenvalue weighted by molar-refractivity contribution is 0.136. The fourth-order valence-electron chi connectivity index (χ4n) is 3.06. The molecule has 4 heterocycles. The molecule has 0 aromatic carbocycles. The van der Waals surface area contributed by atoms with Crippen molar-refractivity contribution in [2.24, 2.45) is 0 Å². The minimum absolute atomic E-state index is 0.653. The molecule has 132 valence electrons. The first-order chi connectivity index (χ1) is 12.8. The molecular weight excluding hydrogens is 328 g/mol. The van der Waals surface area contributed by atoms with Gasteiger partial charge in [0.05, 0.1) is 30.7 Å². The molecule has 7 heteroatoms. The summed E-state index contributed by atoms with van der Waals surface area (Å²) in [7, 11) is 0. The summed E-state index contributed by atoms with van der Waals surface area (Å²) in [5, 5.41) is 4.44. The summed E-state index contributed by atoms with van der Waals surface area (Å²) >= 11 is 0. The van der Waals surface area contributed by atoms with Gasteiger partial charge >= 0.3 is 0 Å². The van der Waals surface area contributed by atoms with Crippen LogP contribution >= 0.6 is 0 Å². The van der Waals surface area contributed by atoms with E-state index in [0.717, 1.165) is 40.4 Å². The third-order valence-electron chi connectivity index (χ3n) is 4.25. The molecule has 0 aliphatic carbocycles. The van der Waals surface area contributed by atoms with E-state index in [1.165, 1.54) is 0 Å². The van der Waals surface area contributed by atoms with Crippen LogP contribution in [0.25, 0.3) is 28.2 Å². The molecule has 0 unspecified atom stereocenters. The van der Waals surface area contributed by atoms with Crippen molar-refractivity contribution in [3.8, 4) is 22.5 Å². The van der Waals surface area contributed by atoms with Crippen molar-refractivity contribution in [3.05, 3.63) is 55.0 Å². The van der Waals surface area contributed by atoms with Crippen LogP contribution in [0.5, 0.6) is 0 Å². The van der Waals surface area contributed by atoms with E-state index in [0.29, 0.717) is 13.2 Å². The van der Waals surface area contributed by atoms with Crippen LogP contribution in [-0.4, -0.2) is 42.3 Å². The van der Waals surface area contributed by atoms with Crippen LogP contribution < -0.4 is 0 Å². The van der Waals surface area contributed by atoms with E-state index < -0.39 is 0 Å². The van der Waals surface area contributed by atoms with Gasteiger partial charge in [-0.2, -0.15) is 5.10 Å². The second-order valence-corrected chi connectivity index (χ2v) is 5.94. The first kappa shape index (κ1) is 16.4. The SMILES string of the molecule is CCOCCn1cc(-c2c(C)nc3c(-c4ccncc4)nccn23)cn1. The smallest absolute Gasteiger partial charge is 0.164 e. The van der Waals surface area contributed by atoms with Crippen molar-refractivity contribution in [2.45, 2.75) is 20.4 Å². The van der Waals surface area contributed by atoms with Crippen LogP contribution in [0.1, 0.15) is 12.6 Å². The number of imidazole rings is 1. The van der Waals surface area contributed by atoms with Gasteiger partial charge in [-0.05, 0) is 26.0 Å². The maximum absolute atomic E-state index is 5.40. The summed E-state index contributed by atoms with van der Waals surface area (Å²) in [5.41, 5.74) is 5.66. The highest BCUT2D eigenvalue weighted by molar-refractivity contribution is 5.77.